The van der Waals surface area contributed by atoms with Crippen molar-refractivity contribution in [3.63, 3.8) is 0 Å². The van der Waals surface area contributed by atoms with Crippen LogP contribution in [-0.2, 0) is 16.4 Å². The second-order valence-corrected chi connectivity index (χ2v) is 8.02. The zero-order valence-electron chi connectivity index (χ0n) is 11.0. The average molecular weight is 322 g/mol. The van der Waals surface area contributed by atoms with E-state index in [0.717, 1.165) is 18.4 Å². The minimum absolute atomic E-state index is 0.0273. The van der Waals surface area contributed by atoms with Gasteiger partial charge in [-0.15, -0.1) is 0 Å². The number of halogens is 2. The monoisotopic (exact) mass is 322 g/mol. The van der Waals surface area contributed by atoms with Crippen molar-refractivity contribution in [1.82, 2.24) is 0 Å². The first-order chi connectivity index (χ1) is 9.34. The van der Waals surface area contributed by atoms with Gasteiger partial charge in [0.05, 0.1) is 0 Å². The van der Waals surface area contributed by atoms with Crippen LogP contribution in [0.2, 0.25) is 0 Å². The molecule has 1 saturated heterocycles. The number of hydrogen-bond donors (Lipinski definition) is 1. The quantitative estimate of drug-likeness (QED) is 0.910. The second-order valence-electron chi connectivity index (χ2n) is 4.66. The van der Waals surface area contributed by atoms with E-state index in [-0.39, 0.29) is 18.8 Å². The van der Waals surface area contributed by atoms with Crippen LogP contribution in [0.25, 0.3) is 0 Å². The maximum absolute atomic E-state index is 14.1. The van der Waals surface area contributed by atoms with Crippen molar-refractivity contribution in [2.24, 2.45) is 5.73 Å². The molecule has 0 aliphatic carbocycles. The van der Waals surface area contributed by atoms with Gasteiger partial charge in [0.2, 0.25) is 0 Å². The predicted molar refractivity (Wildman–Crippen MR) is 77.6 cm³/mol. The Hall–Kier alpha value is -0.860. The van der Waals surface area contributed by atoms with Crippen LogP contribution in [-0.4, -0.2) is 38.1 Å². The summed E-state index contributed by atoms with van der Waals surface area (Å²) in [5, 5.41) is -0.908. The van der Waals surface area contributed by atoms with Crippen LogP contribution >= 0.6 is 11.8 Å². The Kier molecular flexibility index (Phi) is 4.55. The lowest BCUT2D eigenvalue weighted by molar-refractivity contribution is 0.556. The maximum Gasteiger partial charge on any atom is 0.169 e. The first kappa shape index (κ1) is 15.5. The van der Waals surface area contributed by atoms with Gasteiger partial charge in [-0.2, -0.15) is 11.8 Å². The molecule has 0 aromatic heterocycles. The third kappa shape index (κ3) is 3.07. The fraction of sp³-hybridized carbons (Fsp3) is 0.500. The molecular formula is C12H16F2N2O2S2. The summed E-state index contributed by atoms with van der Waals surface area (Å²) in [4.78, 5) is 1.30. The van der Waals surface area contributed by atoms with E-state index in [2.05, 4.69) is 0 Å². The van der Waals surface area contributed by atoms with Crippen LogP contribution in [0.15, 0.2) is 12.1 Å². The third-order valence-corrected chi connectivity index (χ3v) is 5.82. The minimum atomic E-state index is -3.43. The maximum atomic E-state index is 14.1. The standard InChI is InChI=1S/C12H16F2N2O2S2/c1-20(17,18)11-7-19-3-2-16(11)12-9(13)4-8(6-15)5-10(12)14/h4-5,11H,2-3,6-7,15H2,1H3. The van der Waals surface area contributed by atoms with Gasteiger partial charge in [-0.1, -0.05) is 0 Å². The largest absolute Gasteiger partial charge is 0.349 e. The van der Waals surface area contributed by atoms with E-state index < -0.39 is 26.8 Å². The van der Waals surface area contributed by atoms with E-state index in [1.807, 2.05) is 0 Å². The normalized spacial score (nSPS) is 20.2. The highest BCUT2D eigenvalue weighted by Crippen LogP contribution is 2.31. The molecule has 2 N–H and O–H groups in total. The SMILES string of the molecule is CS(=O)(=O)C1CSCCN1c1c(F)cc(CN)cc1F. The number of rotatable bonds is 3. The van der Waals surface area contributed by atoms with Crippen LogP contribution in [0, 0.1) is 11.6 Å². The molecule has 112 valence electrons. The molecule has 1 aromatic carbocycles. The Balaban J connectivity index is 2.48. The molecule has 1 heterocycles. The number of benzene rings is 1. The molecule has 0 saturated carbocycles. The summed E-state index contributed by atoms with van der Waals surface area (Å²) in [6.07, 6.45) is 1.08. The number of thioether (sulfide) groups is 1. The van der Waals surface area contributed by atoms with Gasteiger partial charge in [-0.3, -0.25) is 0 Å². The summed E-state index contributed by atoms with van der Waals surface area (Å²) in [6, 6.07) is 2.30. The molecule has 2 rings (SSSR count). The second kappa shape index (κ2) is 5.87. The lowest BCUT2D eigenvalue weighted by atomic mass is 10.1. The summed E-state index contributed by atoms with van der Waals surface area (Å²) in [5.74, 6) is -0.614. The van der Waals surface area contributed by atoms with E-state index >= 15 is 0 Å². The molecule has 20 heavy (non-hydrogen) atoms. The van der Waals surface area contributed by atoms with Gasteiger partial charge < -0.3 is 10.6 Å². The Labute approximate surface area is 121 Å². The Morgan fingerprint density at radius 3 is 2.50 bits per heavy atom. The molecule has 1 unspecified atom stereocenters. The molecule has 1 fully saturated rings. The molecule has 0 amide bonds. The molecule has 0 radical (unpaired) electrons. The van der Waals surface area contributed by atoms with E-state index in [1.165, 1.54) is 16.7 Å². The Morgan fingerprint density at radius 1 is 1.40 bits per heavy atom. The van der Waals surface area contributed by atoms with Gasteiger partial charge in [0.15, 0.2) is 9.84 Å². The highest BCUT2D eigenvalue weighted by molar-refractivity contribution is 8.01. The molecule has 0 spiro atoms. The molecule has 1 aliphatic rings. The third-order valence-electron chi connectivity index (χ3n) is 3.18. The molecule has 0 bridgehead atoms. The van der Waals surface area contributed by atoms with Crippen LogP contribution in [0.3, 0.4) is 0 Å². The predicted octanol–water partition coefficient (Wildman–Crippen LogP) is 1.35. The fourth-order valence-electron chi connectivity index (χ4n) is 2.20. The summed E-state index contributed by atoms with van der Waals surface area (Å²) in [6.45, 7) is 0.317. The van der Waals surface area contributed by atoms with Gasteiger partial charge >= 0.3 is 0 Å². The van der Waals surface area contributed by atoms with E-state index in [0.29, 0.717) is 17.1 Å². The summed E-state index contributed by atoms with van der Waals surface area (Å²) in [7, 11) is -3.43. The molecule has 1 atom stereocenters. The van der Waals surface area contributed by atoms with Gasteiger partial charge in [0, 0.05) is 30.9 Å². The molecule has 4 nitrogen and oxygen atoms in total. The van der Waals surface area contributed by atoms with Crippen molar-refractivity contribution in [3.05, 3.63) is 29.3 Å². The van der Waals surface area contributed by atoms with Gasteiger partial charge in [-0.05, 0) is 17.7 Å². The Morgan fingerprint density at radius 2 is 2.00 bits per heavy atom. The molecule has 8 heteroatoms. The number of nitrogens with two attached hydrogens (primary N) is 1. The summed E-state index contributed by atoms with van der Waals surface area (Å²) < 4.78 is 51.8. The number of anilines is 1. The first-order valence-electron chi connectivity index (χ1n) is 6.06. The van der Waals surface area contributed by atoms with Crippen LogP contribution in [0.5, 0.6) is 0 Å². The van der Waals surface area contributed by atoms with Crippen molar-refractivity contribution in [1.29, 1.82) is 0 Å². The van der Waals surface area contributed by atoms with Crippen LogP contribution < -0.4 is 10.6 Å². The fourth-order valence-corrected chi connectivity index (χ4v) is 5.03. The zero-order chi connectivity index (χ0) is 14.9. The first-order valence-corrected chi connectivity index (χ1v) is 9.16. The van der Waals surface area contributed by atoms with Gasteiger partial charge in [0.25, 0.3) is 0 Å². The van der Waals surface area contributed by atoms with E-state index in [9.17, 15) is 17.2 Å². The van der Waals surface area contributed by atoms with Crippen molar-refractivity contribution in [3.8, 4) is 0 Å². The number of nitrogens with zero attached hydrogens (tertiary/aromatic N) is 1. The van der Waals surface area contributed by atoms with Crippen molar-refractivity contribution in [2.75, 3.05) is 29.2 Å². The van der Waals surface area contributed by atoms with Gasteiger partial charge in [-0.25, -0.2) is 17.2 Å². The topological polar surface area (TPSA) is 63.4 Å². The average Bonchev–Trinajstić information content (AvgIpc) is 2.37. The number of sulfone groups is 1. The van der Waals surface area contributed by atoms with Crippen LogP contribution in [0.4, 0.5) is 14.5 Å². The van der Waals surface area contributed by atoms with Crippen LogP contribution in [0.1, 0.15) is 5.56 Å². The van der Waals surface area contributed by atoms with Crippen molar-refractivity contribution >= 4 is 27.3 Å². The highest BCUT2D eigenvalue weighted by atomic mass is 32.2. The zero-order valence-corrected chi connectivity index (χ0v) is 12.6. The molecular weight excluding hydrogens is 306 g/mol. The Bertz CT molecular complexity index is 584. The smallest absolute Gasteiger partial charge is 0.169 e. The van der Waals surface area contributed by atoms with E-state index in [1.54, 1.807) is 0 Å². The van der Waals surface area contributed by atoms with Crippen molar-refractivity contribution in [2.45, 2.75) is 11.9 Å². The van der Waals surface area contributed by atoms with E-state index in [4.69, 9.17) is 5.73 Å². The lowest BCUT2D eigenvalue weighted by Crippen LogP contribution is -2.47. The summed E-state index contributed by atoms with van der Waals surface area (Å²) in [5.41, 5.74) is 5.43. The molecule has 1 aromatic rings. The van der Waals surface area contributed by atoms with Crippen molar-refractivity contribution < 1.29 is 17.2 Å². The lowest BCUT2D eigenvalue weighted by Gasteiger charge is -2.36. The molecule has 1 aliphatic heterocycles. The summed E-state index contributed by atoms with van der Waals surface area (Å²) >= 11 is 1.46. The van der Waals surface area contributed by atoms with Gasteiger partial charge in [0.1, 0.15) is 22.7 Å². The minimum Gasteiger partial charge on any atom is -0.349 e. The number of hydrogen-bond acceptors (Lipinski definition) is 5. The highest BCUT2D eigenvalue weighted by Gasteiger charge is 2.34.